The van der Waals surface area contributed by atoms with Crippen LogP contribution < -0.4 is 10.6 Å². The normalized spacial score (nSPS) is 13.2. The Labute approximate surface area is 206 Å². The molecule has 0 fully saturated rings. The average molecular weight is 521 g/mol. The van der Waals surface area contributed by atoms with Crippen LogP contribution in [0.2, 0.25) is 5.02 Å². The molecule has 0 saturated heterocycles. The first-order valence-corrected chi connectivity index (χ1v) is 11.4. The summed E-state index contributed by atoms with van der Waals surface area (Å²) in [5, 5.41) is 7.52. The van der Waals surface area contributed by atoms with E-state index in [1.54, 1.807) is 35.7 Å². The summed E-state index contributed by atoms with van der Waals surface area (Å²) in [6.45, 7) is 0. The number of nitrogens with zero attached hydrogens (tertiary/aromatic N) is 2. The number of thiazole rings is 1. The van der Waals surface area contributed by atoms with E-state index in [1.165, 1.54) is 24.5 Å². The third-order valence-electron chi connectivity index (χ3n) is 5.17. The zero-order valence-electron chi connectivity index (χ0n) is 17.8. The molecule has 0 aliphatic rings. The fourth-order valence-electron chi connectivity index (χ4n) is 3.66. The summed E-state index contributed by atoms with van der Waals surface area (Å²) in [4.78, 5) is 21.4. The van der Waals surface area contributed by atoms with Crippen molar-refractivity contribution in [3.63, 3.8) is 0 Å². The molecule has 0 aliphatic heterocycles. The number of alkyl halides is 3. The van der Waals surface area contributed by atoms with Gasteiger partial charge in [-0.05, 0) is 41.5 Å². The van der Waals surface area contributed by atoms with Gasteiger partial charge in [0.1, 0.15) is 11.4 Å². The van der Waals surface area contributed by atoms with E-state index in [-0.39, 0.29) is 27.8 Å². The van der Waals surface area contributed by atoms with Crippen LogP contribution in [0.3, 0.4) is 0 Å². The van der Waals surface area contributed by atoms with Gasteiger partial charge in [0.05, 0.1) is 16.3 Å². The van der Waals surface area contributed by atoms with Gasteiger partial charge in [0.2, 0.25) is 0 Å². The van der Waals surface area contributed by atoms with Crippen molar-refractivity contribution < 1.29 is 22.4 Å². The van der Waals surface area contributed by atoms with E-state index in [2.05, 4.69) is 20.6 Å². The van der Waals surface area contributed by atoms with Gasteiger partial charge in [-0.1, -0.05) is 41.9 Å². The zero-order chi connectivity index (χ0) is 25.1. The van der Waals surface area contributed by atoms with E-state index in [9.17, 15) is 22.4 Å². The van der Waals surface area contributed by atoms with E-state index >= 15 is 0 Å². The molecule has 11 heteroatoms. The third kappa shape index (κ3) is 5.77. The molecule has 0 aliphatic carbocycles. The van der Waals surface area contributed by atoms with Gasteiger partial charge in [0.15, 0.2) is 5.13 Å². The number of hydrogen-bond acceptors (Lipinski definition) is 4. The van der Waals surface area contributed by atoms with Crippen molar-refractivity contribution in [3.05, 3.63) is 112 Å². The molecule has 4 aromatic rings. The Morgan fingerprint density at radius 2 is 1.74 bits per heavy atom. The molecule has 0 saturated carbocycles. The molecule has 35 heavy (non-hydrogen) atoms. The highest BCUT2D eigenvalue weighted by atomic mass is 35.5. The minimum absolute atomic E-state index is 0.0332. The lowest BCUT2D eigenvalue weighted by molar-refractivity contribution is -0.137. The SMILES string of the molecule is O=C(Nc1nccs1)N[C@](Cc1ccccc1)(c1cc(F)cc(C(F)(F)F)c1)c1ccc(Cl)cn1. The van der Waals surface area contributed by atoms with Crippen LogP contribution in [0.5, 0.6) is 0 Å². The Morgan fingerprint density at radius 3 is 2.37 bits per heavy atom. The summed E-state index contributed by atoms with van der Waals surface area (Å²) < 4.78 is 55.5. The number of pyridine rings is 1. The van der Waals surface area contributed by atoms with Crippen LogP contribution in [0, 0.1) is 5.82 Å². The van der Waals surface area contributed by atoms with Crippen molar-refractivity contribution in [2.24, 2.45) is 0 Å². The van der Waals surface area contributed by atoms with Crippen LogP contribution in [0.15, 0.2) is 78.4 Å². The predicted octanol–water partition coefficient (Wildman–Crippen LogP) is 6.66. The molecule has 0 bridgehead atoms. The minimum atomic E-state index is -4.81. The fraction of sp³-hybridized carbons (Fsp3) is 0.125. The molecule has 2 amide bonds. The maximum Gasteiger partial charge on any atom is 0.416 e. The molecule has 1 atom stereocenters. The molecular weight excluding hydrogens is 504 g/mol. The van der Waals surface area contributed by atoms with E-state index < -0.39 is 29.1 Å². The summed E-state index contributed by atoms with van der Waals surface area (Å²) in [6, 6.07) is 13.1. The van der Waals surface area contributed by atoms with Gasteiger partial charge in [0, 0.05) is 24.2 Å². The van der Waals surface area contributed by atoms with Gasteiger partial charge in [-0.3, -0.25) is 10.3 Å². The standard InChI is InChI=1S/C24H17ClF4N4OS/c25-18-6-7-20(31-14-18)23(13-15-4-2-1-3-5-15,33-21(34)32-22-30-8-9-35-22)16-10-17(24(27,28)29)12-19(26)11-16/h1-12,14H,13H2,(H2,30,32,33,34)/t23-/m1/s1. The third-order valence-corrected chi connectivity index (χ3v) is 6.09. The topological polar surface area (TPSA) is 66.9 Å². The first-order valence-electron chi connectivity index (χ1n) is 10.2. The largest absolute Gasteiger partial charge is 0.416 e. The summed E-state index contributed by atoms with van der Waals surface area (Å²) in [6.07, 6.45) is -2.05. The van der Waals surface area contributed by atoms with Crippen molar-refractivity contribution in [2.45, 2.75) is 18.1 Å². The lowest BCUT2D eigenvalue weighted by Crippen LogP contribution is -2.50. The number of anilines is 1. The number of aromatic nitrogens is 2. The Morgan fingerprint density at radius 1 is 1.00 bits per heavy atom. The van der Waals surface area contributed by atoms with E-state index in [0.717, 1.165) is 23.5 Å². The Balaban J connectivity index is 1.92. The van der Waals surface area contributed by atoms with Gasteiger partial charge in [0.25, 0.3) is 0 Å². The molecule has 4 rings (SSSR count). The van der Waals surface area contributed by atoms with E-state index in [4.69, 9.17) is 11.6 Å². The molecule has 5 nitrogen and oxygen atoms in total. The van der Waals surface area contributed by atoms with Crippen LogP contribution in [-0.4, -0.2) is 16.0 Å². The highest BCUT2D eigenvalue weighted by molar-refractivity contribution is 7.13. The van der Waals surface area contributed by atoms with Gasteiger partial charge >= 0.3 is 12.2 Å². The molecule has 2 aromatic carbocycles. The lowest BCUT2D eigenvalue weighted by atomic mass is 9.80. The Bertz CT molecular complexity index is 1300. The molecule has 2 heterocycles. The number of rotatable bonds is 6. The predicted molar refractivity (Wildman–Crippen MR) is 126 cm³/mol. The van der Waals surface area contributed by atoms with Crippen LogP contribution in [0.4, 0.5) is 27.5 Å². The molecule has 0 unspecified atom stereocenters. The van der Waals surface area contributed by atoms with Crippen molar-refractivity contribution in [2.75, 3.05) is 5.32 Å². The maximum absolute atomic E-state index is 14.6. The number of nitrogens with one attached hydrogen (secondary N) is 2. The molecule has 0 radical (unpaired) electrons. The minimum Gasteiger partial charge on any atom is -0.322 e. The van der Waals surface area contributed by atoms with E-state index in [0.29, 0.717) is 11.6 Å². The number of carbonyl (C=O) groups is 1. The Hall–Kier alpha value is -3.50. The molecule has 180 valence electrons. The summed E-state index contributed by atoms with van der Waals surface area (Å²) in [7, 11) is 0. The fourth-order valence-corrected chi connectivity index (χ4v) is 4.29. The Kier molecular flexibility index (Phi) is 7.04. The van der Waals surface area contributed by atoms with Crippen LogP contribution >= 0.6 is 22.9 Å². The second kappa shape index (κ2) is 10.0. The van der Waals surface area contributed by atoms with Gasteiger partial charge < -0.3 is 5.32 Å². The number of amides is 2. The quantitative estimate of drug-likeness (QED) is 0.279. The van der Waals surface area contributed by atoms with Crippen LogP contribution in [0.25, 0.3) is 0 Å². The lowest BCUT2D eigenvalue weighted by Gasteiger charge is -2.35. The first kappa shape index (κ1) is 24.6. The number of benzene rings is 2. The average Bonchev–Trinajstić information content (AvgIpc) is 3.31. The van der Waals surface area contributed by atoms with Crippen molar-refractivity contribution in [3.8, 4) is 0 Å². The van der Waals surface area contributed by atoms with Gasteiger partial charge in [-0.15, -0.1) is 11.3 Å². The summed E-state index contributed by atoms with van der Waals surface area (Å²) in [5.41, 5.74) is -2.20. The van der Waals surface area contributed by atoms with Crippen molar-refractivity contribution in [1.29, 1.82) is 0 Å². The summed E-state index contributed by atoms with van der Waals surface area (Å²) in [5.74, 6) is -1.11. The monoisotopic (exact) mass is 520 g/mol. The molecule has 0 spiro atoms. The number of halogens is 5. The smallest absolute Gasteiger partial charge is 0.322 e. The van der Waals surface area contributed by atoms with Gasteiger partial charge in [-0.2, -0.15) is 13.2 Å². The summed E-state index contributed by atoms with van der Waals surface area (Å²) >= 11 is 7.16. The maximum atomic E-state index is 14.6. The van der Waals surface area contributed by atoms with Crippen LogP contribution in [-0.2, 0) is 18.1 Å². The number of carbonyl (C=O) groups excluding carboxylic acids is 1. The van der Waals surface area contributed by atoms with Gasteiger partial charge in [-0.25, -0.2) is 14.2 Å². The van der Waals surface area contributed by atoms with Crippen molar-refractivity contribution in [1.82, 2.24) is 15.3 Å². The second-order valence-electron chi connectivity index (χ2n) is 7.57. The number of urea groups is 1. The van der Waals surface area contributed by atoms with E-state index in [1.807, 2.05) is 0 Å². The molecular formula is C24H17ClF4N4OS. The number of hydrogen-bond donors (Lipinski definition) is 2. The van der Waals surface area contributed by atoms with Crippen LogP contribution in [0.1, 0.15) is 22.4 Å². The highest BCUT2D eigenvalue weighted by Gasteiger charge is 2.41. The molecule has 2 N–H and O–H groups in total. The molecule has 2 aromatic heterocycles. The first-order chi connectivity index (χ1) is 16.7. The highest BCUT2D eigenvalue weighted by Crippen LogP contribution is 2.38. The second-order valence-corrected chi connectivity index (χ2v) is 8.90. The van der Waals surface area contributed by atoms with Crippen molar-refractivity contribution >= 4 is 34.1 Å². The zero-order valence-corrected chi connectivity index (χ0v) is 19.4.